The number of nitrogens with zero attached hydrogens (tertiary/aromatic N) is 4. The molecule has 0 radical (unpaired) electrons. The van der Waals surface area contributed by atoms with Crippen LogP contribution in [0, 0.1) is 12.7 Å². The first-order valence-electron chi connectivity index (χ1n) is 9.66. The summed E-state index contributed by atoms with van der Waals surface area (Å²) in [7, 11) is 0. The van der Waals surface area contributed by atoms with E-state index in [-0.39, 0.29) is 5.56 Å². The van der Waals surface area contributed by atoms with Gasteiger partial charge in [0.2, 0.25) is 0 Å². The van der Waals surface area contributed by atoms with Gasteiger partial charge in [0.05, 0.1) is 23.3 Å². The molecule has 1 aliphatic rings. The fourth-order valence-electron chi connectivity index (χ4n) is 3.72. The molecule has 0 aliphatic carbocycles. The quantitative estimate of drug-likeness (QED) is 0.638. The lowest BCUT2D eigenvalue weighted by Gasteiger charge is -2.20. The average Bonchev–Trinajstić information content (AvgIpc) is 3.22. The highest BCUT2D eigenvalue weighted by atomic mass is 19.3. The van der Waals surface area contributed by atoms with E-state index in [1.807, 2.05) is 6.07 Å². The van der Waals surface area contributed by atoms with Gasteiger partial charge < -0.3 is 10.2 Å². The van der Waals surface area contributed by atoms with E-state index >= 15 is 0 Å². The number of pyridine rings is 1. The van der Waals surface area contributed by atoms with E-state index < -0.39 is 23.8 Å². The highest BCUT2D eigenvalue weighted by Crippen LogP contribution is 2.31. The van der Waals surface area contributed by atoms with Gasteiger partial charge in [0.25, 0.3) is 6.43 Å². The molecule has 1 atom stereocenters. The summed E-state index contributed by atoms with van der Waals surface area (Å²) in [6, 6.07) is 5.42. The largest absolute Gasteiger partial charge is 0.363 e. The summed E-state index contributed by atoms with van der Waals surface area (Å²) in [6.45, 7) is 5.40. The number of anilines is 2. The lowest BCUT2D eigenvalue weighted by atomic mass is 10.0. The van der Waals surface area contributed by atoms with Crippen molar-refractivity contribution in [1.29, 1.82) is 0 Å². The molecule has 3 heterocycles. The molecular formula is C21H22F3N5. The highest BCUT2D eigenvalue weighted by Gasteiger charge is 2.21. The van der Waals surface area contributed by atoms with E-state index in [0.29, 0.717) is 17.2 Å². The molecular weight excluding hydrogens is 379 g/mol. The van der Waals surface area contributed by atoms with Gasteiger partial charge in [-0.25, -0.2) is 28.1 Å². The van der Waals surface area contributed by atoms with Crippen LogP contribution in [0.4, 0.5) is 24.8 Å². The van der Waals surface area contributed by atoms with Gasteiger partial charge in [-0.15, -0.1) is 0 Å². The van der Waals surface area contributed by atoms with Gasteiger partial charge in [0, 0.05) is 24.0 Å². The van der Waals surface area contributed by atoms with Crippen molar-refractivity contribution in [3.8, 4) is 0 Å². The zero-order chi connectivity index (χ0) is 20.5. The minimum absolute atomic E-state index is 0.168. The maximum Gasteiger partial charge on any atom is 0.266 e. The van der Waals surface area contributed by atoms with Crippen molar-refractivity contribution in [1.82, 2.24) is 15.0 Å². The zero-order valence-electron chi connectivity index (χ0n) is 16.3. The predicted molar refractivity (Wildman–Crippen MR) is 107 cm³/mol. The van der Waals surface area contributed by atoms with Crippen molar-refractivity contribution >= 4 is 22.5 Å². The third-order valence-corrected chi connectivity index (χ3v) is 5.22. The van der Waals surface area contributed by atoms with E-state index in [1.54, 1.807) is 20.0 Å². The van der Waals surface area contributed by atoms with E-state index in [9.17, 15) is 13.2 Å². The molecule has 5 nitrogen and oxygen atoms in total. The molecule has 1 unspecified atom stereocenters. The van der Waals surface area contributed by atoms with Gasteiger partial charge in [-0.3, -0.25) is 0 Å². The minimum Gasteiger partial charge on any atom is -0.363 e. The van der Waals surface area contributed by atoms with Crippen molar-refractivity contribution < 1.29 is 13.2 Å². The molecule has 152 valence electrons. The molecule has 0 amide bonds. The van der Waals surface area contributed by atoms with Crippen LogP contribution in [0.15, 0.2) is 30.5 Å². The molecule has 1 fully saturated rings. The van der Waals surface area contributed by atoms with Crippen molar-refractivity contribution in [3.05, 3.63) is 53.2 Å². The Hall–Kier alpha value is -2.90. The Morgan fingerprint density at radius 1 is 1.10 bits per heavy atom. The Balaban J connectivity index is 1.71. The summed E-state index contributed by atoms with van der Waals surface area (Å²) in [5.74, 6) is 1.04. The highest BCUT2D eigenvalue weighted by molar-refractivity contribution is 5.90. The number of hydrogen-bond donors (Lipinski definition) is 1. The fourth-order valence-corrected chi connectivity index (χ4v) is 3.72. The smallest absolute Gasteiger partial charge is 0.266 e. The fraction of sp³-hybridized carbons (Fsp3) is 0.381. The molecule has 0 spiro atoms. The standard InChI is InChI=1S/C21H22F3N5/c1-12(14-6-5-7-15(19(14)22)20(23)24)26-21-16-10-18(29-8-3-4-9-29)25-11-17(16)27-13(2)28-21/h5-7,10-12,20H,3-4,8-9H2,1-2H3,(H,26,27,28). The Morgan fingerprint density at radius 2 is 1.83 bits per heavy atom. The molecule has 1 aliphatic heterocycles. The Kier molecular flexibility index (Phi) is 5.25. The van der Waals surface area contributed by atoms with Crippen LogP contribution >= 0.6 is 0 Å². The summed E-state index contributed by atoms with van der Waals surface area (Å²) >= 11 is 0. The van der Waals surface area contributed by atoms with E-state index in [4.69, 9.17) is 0 Å². The van der Waals surface area contributed by atoms with Crippen molar-refractivity contribution in [2.75, 3.05) is 23.3 Å². The summed E-state index contributed by atoms with van der Waals surface area (Å²) in [6.07, 6.45) is 1.11. The third-order valence-electron chi connectivity index (χ3n) is 5.22. The van der Waals surface area contributed by atoms with E-state index in [2.05, 4.69) is 25.2 Å². The summed E-state index contributed by atoms with van der Waals surface area (Å²) in [5, 5.41) is 3.95. The second kappa shape index (κ2) is 7.85. The first kappa shape index (κ1) is 19.4. The summed E-state index contributed by atoms with van der Waals surface area (Å²) in [4.78, 5) is 15.6. The number of halogens is 3. The molecule has 29 heavy (non-hydrogen) atoms. The number of nitrogens with one attached hydrogen (secondary N) is 1. The Morgan fingerprint density at radius 3 is 2.55 bits per heavy atom. The van der Waals surface area contributed by atoms with E-state index in [1.165, 1.54) is 12.1 Å². The van der Waals surface area contributed by atoms with Crippen LogP contribution in [-0.4, -0.2) is 28.0 Å². The number of fused-ring (bicyclic) bond motifs is 1. The van der Waals surface area contributed by atoms with Gasteiger partial charge in [-0.05, 0) is 32.8 Å². The van der Waals surface area contributed by atoms with Gasteiger partial charge in [0.15, 0.2) is 0 Å². The number of alkyl halides is 2. The van der Waals surface area contributed by atoms with Crippen LogP contribution in [-0.2, 0) is 0 Å². The van der Waals surface area contributed by atoms with Crippen molar-refractivity contribution in [2.45, 2.75) is 39.2 Å². The van der Waals surface area contributed by atoms with Gasteiger partial charge in [-0.1, -0.05) is 18.2 Å². The molecule has 4 rings (SSSR count). The molecule has 0 bridgehead atoms. The van der Waals surface area contributed by atoms with Crippen LogP contribution in [0.5, 0.6) is 0 Å². The second-order valence-corrected chi connectivity index (χ2v) is 7.29. The van der Waals surface area contributed by atoms with Gasteiger partial charge in [-0.2, -0.15) is 0 Å². The van der Waals surface area contributed by atoms with Crippen LogP contribution < -0.4 is 10.2 Å². The van der Waals surface area contributed by atoms with Crippen LogP contribution in [0.3, 0.4) is 0 Å². The normalized spacial score (nSPS) is 15.3. The monoisotopic (exact) mass is 401 g/mol. The average molecular weight is 401 g/mol. The topological polar surface area (TPSA) is 53.9 Å². The molecule has 2 aromatic heterocycles. The third kappa shape index (κ3) is 3.83. The van der Waals surface area contributed by atoms with Crippen molar-refractivity contribution in [3.63, 3.8) is 0 Å². The number of benzene rings is 1. The molecule has 1 N–H and O–H groups in total. The molecule has 3 aromatic rings. The van der Waals surface area contributed by atoms with Crippen molar-refractivity contribution in [2.24, 2.45) is 0 Å². The number of aromatic nitrogens is 3. The first-order chi connectivity index (χ1) is 13.9. The summed E-state index contributed by atoms with van der Waals surface area (Å²) in [5.41, 5.74) is 0.249. The summed E-state index contributed by atoms with van der Waals surface area (Å²) < 4.78 is 40.7. The minimum atomic E-state index is -2.86. The molecule has 8 heteroatoms. The lowest BCUT2D eigenvalue weighted by Crippen LogP contribution is -2.19. The number of aryl methyl sites for hydroxylation is 1. The predicted octanol–water partition coefficient (Wildman–Crippen LogP) is 5.18. The number of rotatable bonds is 5. The van der Waals surface area contributed by atoms with Crippen LogP contribution in [0.2, 0.25) is 0 Å². The van der Waals surface area contributed by atoms with Gasteiger partial charge >= 0.3 is 0 Å². The number of hydrogen-bond acceptors (Lipinski definition) is 5. The SMILES string of the molecule is Cc1nc(NC(C)c2cccc(C(F)F)c2F)c2cc(N3CCCC3)ncc2n1. The maximum atomic E-state index is 14.6. The maximum absolute atomic E-state index is 14.6. The lowest BCUT2D eigenvalue weighted by molar-refractivity contribution is 0.146. The van der Waals surface area contributed by atoms with Gasteiger partial charge in [0.1, 0.15) is 23.3 Å². The van der Waals surface area contributed by atoms with Crippen LogP contribution in [0.1, 0.15) is 49.2 Å². The first-order valence-corrected chi connectivity index (χ1v) is 9.66. The Labute approximate surface area is 167 Å². The second-order valence-electron chi connectivity index (χ2n) is 7.29. The Bertz CT molecular complexity index is 1030. The molecule has 1 saturated heterocycles. The van der Waals surface area contributed by atoms with E-state index in [0.717, 1.165) is 43.2 Å². The zero-order valence-corrected chi connectivity index (χ0v) is 16.3. The molecule has 0 saturated carbocycles. The van der Waals surface area contributed by atoms with Crippen LogP contribution in [0.25, 0.3) is 10.9 Å². The molecule has 1 aromatic carbocycles.